The van der Waals surface area contributed by atoms with E-state index in [2.05, 4.69) is 20.1 Å². The Hall–Kier alpha value is -1.38. The molecule has 6 heteroatoms. The van der Waals surface area contributed by atoms with Crippen molar-refractivity contribution in [2.45, 2.75) is 44.6 Å². The van der Waals surface area contributed by atoms with E-state index in [0.717, 1.165) is 6.42 Å². The van der Waals surface area contributed by atoms with Crippen LogP contribution in [0.25, 0.3) is 20.9 Å². The maximum atomic E-state index is 8.39. The Balaban J connectivity index is 2.41. The van der Waals surface area contributed by atoms with E-state index in [4.69, 9.17) is 11.1 Å². The van der Waals surface area contributed by atoms with Crippen LogP contribution in [-0.4, -0.2) is 12.6 Å². The van der Waals surface area contributed by atoms with Gasteiger partial charge in [0.1, 0.15) is 0 Å². The molecule has 1 aliphatic rings. The van der Waals surface area contributed by atoms with E-state index in [1.165, 1.54) is 32.1 Å². The van der Waals surface area contributed by atoms with Crippen LogP contribution in [0.4, 0.5) is 0 Å². The molecule has 1 aliphatic carbocycles. The van der Waals surface area contributed by atoms with Gasteiger partial charge in [-0.05, 0) is 23.4 Å². The maximum absolute atomic E-state index is 8.39. The van der Waals surface area contributed by atoms with Crippen molar-refractivity contribution in [1.29, 1.82) is 0 Å². The van der Waals surface area contributed by atoms with Crippen molar-refractivity contribution < 1.29 is 0 Å². The van der Waals surface area contributed by atoms with Crippen molar-refractivity contribution in [2.75, 3.05) is 6.54 Å². The molecule has 0 amide bonds. The molecular weight excluding hydrogens is 192 g/mol. The van der Waals surface area contributed by atoms with Gasteiger partial charge in [-0.15, -0.1) is 0 Å². The zero-order valence-electron chi connectivity index (χ0n) is 8.79. The number of rotatable bonds is 5. The Kier molecular flexibility index (Phi) is 5.44. The quantitative estimate of drug-likeness (QED) is 0.371. The summed E-state index contributed by atoms with van der Waals surface area (Å²) in [5, 5.41) is 7.14. The van der Waals surface area contributed by atoms with E-state index in [1.807, 2.05) is 0 Å². The van der Waals surface area contributed by atoms with Crippen molar-refractivity contribution >= 4 is 0 Å². The fourth-order valence-electron chi connectivity index (χ4n) is 2.17. The molecule has 6 nitrogen and oxygen atoms in total. The highest BCUT2D eigenvalue weighted by atomic mass is 15.2. The summed E-state index contributed by atoms with van der Waals surface area (Å²) in [5.74, 6) is 0.642. The Morgan fingerprint density at radius 3 is 2.47 bits per heavy atom. The molecule has 0 radical (unpaired) electrons. The van der Waals surface area contributed by atoms with E-state index in [0.29, 0.717) is 5.92 Å². The summed E-state index contributed by atoms with van der Waals surface area (Å²) in [6.45, 7) is 0.289. The van der Waals surface area contributed by atoms with E-state index in [1.54, 1.807) is 0 Å². The summed E-state index contributed by atoms with van der Waals surface area (Å²) in [7, 11) is 0. The molecule has 0 aromatic rings. The van der Waals surface area contributed by atoms with Gasteiger partial charge in [-0.2, -0.15) is 0 Å². The molecule has 0 heterocycles. The zero-order chi connectivity index (χ0) is 10.9. The fourth-order valence-corrected chi connectivity index (χ4v) is 2.17. The van der Waals surface area contributed by atoms with Gasteiger partial charge in [-0.1, -0.05) is 42.3 Å². The molecule has 82 valence electrons. The van der Waals surface area contributed by atoms with Gasteiger partial charge in [0, 0.05) is 22.4 Å². The van der Waals surface area contributed by atoms with Crippen LogP contribution in [0.3, 0.4) is 0 Å². The molecule has 0 bridgehead atoms. The van der Waals surface area contributed by atoms with Gasteiger partial charge in [0.25, 0.3) is 0 Å². The average Bonchev–Trinajstić information content (AvgIpc) is 2.28. The number of hydrogen-bond donors (Lipinski definition) is 0. The van der Waals surface area contributed by atoms with Crippen LogP contribution < -0.4 is 0 Å². The standard InChI is InChI=1S/C9H16N6/c10-14-12-7-9(13-15-11)6-8-4-2-1-3-5-8/h8-9H,1-7H2. The third-order valence-corrected chi connectivity index (χ3v) is 2.90. The van der Waals surface area contributed by atoms with Crippen molar-refractivity contribution in [3.05, 3.63) is 20.9 Å². The third kappa shape index (κ3) is 4.58. The second-order valence-electron chi connectivity index (χ2n) is 4.01. The second-order valence-corrected chi connectivity index (χ2v) is 4.01. The van der Waals surface area contributed by atoms with Gasteiger partial charge < -0.3 is 0 Å². The summed E-state index contributed by atoms with van der Waals surface area (Å²) in [5.41, 5.74) is 16.6. The van der Waals surface area contributed by atoms with Crippen LogP contribution in [-0.2, 0) is 0 Å². The summed E-state index contributed by atoms with van der Waals surface area (Å²) in [6.07, 6.45) is 7.16. The Morgan fingerprint density at radius 1 is 1.13 bits per heavy atom. The average molecular weight is 208 g/mol. The summed E-state index contributed by atoms with van der Waals surface area (Å²) in [4.78, 5) is 5.49. The lowest BCUT2D eigenvalue weighted by Crippen LogP contribution is -2.16. The maximum Gasteiger partial charge on any atom is 0.0432 e. The van der Waals surface area contributed by atoms with Gasteiger partial charge in [-0.3, -0.25) is 0 Å². The molecule has 0 spiro atoms. The Labute approximate surface area is 88.9 Å². The smallest absolute Gasteiger partial charge is 0.0432 e. The first kappa shape index (κ1) is 11.7. The molecule has 1 saturated carbocycles. The summed E-state index contributed by atoms with van der Waals surface area (Å²) in [6, 6.07) is -0.158. The summed E-state index contributed by atoms with van der Waals surface area (Å²) < 4.78 is 0. The minimum atomic E-state index is -0.158. The van der Waals surface area contributed by atoms with Crippen LogP contribution in [0.1, 0.15) is 38.5 Å². The van der Waals surface area contributed by atoms with E-state index < -0.39 is 0 Å². The monoisotopic (exact) mass is 208 g/mol. The summed E-state index contributed by atoms with van der Waals surface area (Å²) >= 11 is 0. The normalized spacial score (nSPS) is 18.7. The number of hydrogen-bond acceptors (Lipinski definition) is 2. The Morgan fingerprint density at radius 2 is 1.87 bits per heavy atom. The van der Waals surface area contributed by atoms with E-state index >= 15 is 0 Å². The predicted molar refractivity (Wildman–Crippen MR) is 58.1 cm³/mol. The molecule has 0 saturated heterocycles. The first-order chi connectivity index (χ1) is 7.36. The van der Waals surface area contributed by atoms with Gasteiger partial charge in [0.15, 0.2) is 0 Å². The zero-order valence-corrected chi connectivity index (χ0v) is 8.79. The molecule has 0 aromatic carbocycles. The second kappa shape index (κ2) is 6.98. The van der Waals surface area contributed by atoms with Crippen LogP contribution in [0.5, 0.6) is 0 Å². The lowest BCUT2D eigenvalue weighted by Gasteiger charge is -2.23. The molecule has 0 aromatic heterocycles. The van der Waals surface area contributed by atoms with Crippen molar-refractivity contribution in [1.82, 2.24) is 0 Å². The molecule has 0 N–H and O–H groups in total. The van der Waals surface area contributed by atoms with Crippen LogP contribution in [0.15, 0.2) is 10.2 Å². The SMILES string of the molecule is [N-]=[N+]=NCC(CC1CCCCC1)N=[N+]=[N-]. The van der Waals surface area contributed by atoms with Gasteiger partial charge in [-0.25, -0.2) is 0 Å². The van der Waals surface area contributed by atoms with Crippen LogP contribution in [0.2, 0.25) is 0 Å². The van der Waals surface area contributed by atoms with Gasteiger partial charge >= 0.3 is 0 Å². The van der Waals surface area contributed by atoms with Gasteiger partial charge in [0.05, 0.1) is 0 Å². The minimum absolute atomic E-state index is 0.158. The topological polar surface area (TPSA) is 97.5 Å². The highest BCUT2D eigenvalue weighted by Crippen LogP contribution is 2.28. The van der Waals surface area contributed by atoms with E-state index in [9.17, 15) is 0 Å². The first-order valence-electron chi connectivity index (χ1n) is 5.42. The molecule has 0 aliphatic heterocycles. The highest BCUT2D eigenvalue weighted by molar-refractivity contribution is 4.76. The van der Waals surface area contributed by atoms with Crippen LogP contribution in [0, 0.1) is 5.92 Å². The lowest BCUT2D eigenvalue weighted by molar-refractivity contribution is 0.319. The Bertz CT molecular complexity index is 270. The largest absolute Gasteiger partial charge is 0.0936 e. The predicted octanol–water partition coefficient (Wildman–Crippen LogP) is 3.95. The minimum Gasteiger partial charge on any atom is -0.0936 e. The highest BCUT2D eigenvalue weighted by Gasteiger charge is 2.17. The van der Waals surface area contributed by atoms with Crippen LogP contribution >= 0.6 is 0 Å². The van der Waals surface area contributed by atoms with Crippen molar-refractivity contribution in [2.24, 2.45) is 16.1 Å². The van der Waals surface area contributed by atoms with Crippen molar-refractivity contribution in [3.8, 4) is 0 Å². The lowest BCUT2D eigenvalue weighted by atomic mass is 9.85. The van der Waals surface area contributed by atoms with Crippen molar-refractivity contribution in [3.63, 3.8) is 0 Å². The fraction of sp³-hybridized carbons (Fsp3) is 1.00. The van der Waals surface area contributed by atoms with E-state index in [-0.39, 0.29) is 12.6 Å². The first-order valence-corrected chi connectivity index (χ1v) is 5.42. The molecule has 1 rings (SSSR count). The van der Waals surface area contributed by atoms with Gasteiger partial charge in [0.2, 0.25) is 0 Å². The molecule has 1 fully saturated rings. The molecular formula is C9H16N6. The molecule has 1 atom stereocenters. The molecule has 1 unspecified atom stereocenters. The molecule has 15 heavy (non-hydrogen) atoms. The third-order valence-electron chi connectivity index (χ3n) is 2.90. The number of azide groups is 2. The number of nitrogens with zero attached hydrogens (tertiary/aromatic N) is 6.